The number of benzene rings is 3. The van der Waals surface area contributed by atoms with Crippen molar-refractivity contribution in [3.8, 4) is 0 Å². The summed E-state index contributed by atoms with van der Waals surface area (Å²) in [6, 6.07) is 28.7. The number of nitrogens with one attached hydrogen (secondary N) is 2. The highest BCUT2D eigenvalue weighted by molar-refractivity contribution is 5.96. The van der Waals surface area contributed by atoms with Gasteiger partial charge in [0.2, 0.25) is 11.8 Å². The van der Waals surface area contributed by atoms with Crippen LogP contribution in [0.3, 0.4) is 0 Å². The third-order valence-electron chi connectivity index (χ3n) is 8.37. The Morgan fingerprint density at radius 2 is 1.44 bits per heavy atom. The van der Waals surface area contributed by atoms with E-state index in [4.69, 9.17) is 0 Å². The first kappa shape index (κ1) is 22.8. The molecule has 0 aromatic heterocycles. The van der Waals surface area contributed by atoms with Crippen LogP contribution in [0.25, 0.3) is 0 Å². The zero-order valence-electron chi connectivity index (χ0n) is 20.5. The summed E-state index contributed by atoms with van der Waals surface area (Å²) in [5.74, 6) is -0.126. The highest BCUT2D eigenvalue weighted by Crippen LogP contribution is 2.52. The summed E-state index contributed by atoms with van der Waals surface area (Å²) in [4.78, 5) is 29.6. The number of anilines is 2. The maximum absolute atomic E-state index is 14.2. The van der Waals surface area contributed by atoms with E-state index in [1.165, 1.54) is 11.1 Å². The Hall–Kier alpha value is -3.60. The third kappa shape index (κ3) is 4.17. The van der Waals surface area contributed by atoms with Crippen molar-refractivity contribution < 1.29 is 9.59 Å². The fourth-order valence-electron chi connectivity index (χ4n) is 6.67. The third-order valence-corrected chi connectivity index (χ3v) is 8.37. The highest BCUT2D eigenvalue weighted by Gasteiger charge is 2.49. The van der Waals surface area contributed by atoms with E-state index in [1.54, 1.807) is 0 Å². The van der Waals surface area contributed by atoms with Gasteiger partial charge in [0, 0.05) is 35.7 Å². The average Bonchev–Trinajstić information content (AvgIpc) is 3.39. The Morgan fingerprint density at radius 1 is 0.778 bits per heavy atom. The van der Waals surface area contributed by atoms with Crippen LogP contribution in [-0.2, 0) is 9.59 Å². The van der Waals surface area contributed by atoms with E-state index >= 15 is 0 Å². The first-order valence-corrected chi connectivity index (χ1v) is 13.3. The molecule has 0 unspecified atom stereocenters. The summed E-state index contributed by atoms with van der Waals surface area (Å²) in [5.41, 5.74) is 4.35. The second kappa shape index (κ2) is 9.81. The van der Waals surface area contributed by atoms with Gasteiger partial charge in [0.25, 0.3) is 0 Å². The van der Waals surface area contributed by atoms with Gasteiger partial charge in [-0.3, -0.25) is 9.59 Å². The number of para-hydroxylation sites is 2. The van der Waals surface area contributed by atoms with Crippen molar-refractivity contribution in [3.63, 3.8) is 0 Å². The maximum Gasteiger partial charge on any atom is 0.228 e. The zero-order valence-corrected chi connectivity index (χ0v) is 20.5. The molecule has 1 aliphatic carbocycles. The molecule has 5 heteroatoms. The molecule has 3 aromatic rings. The van der Waals surface area contributed by atoms with Crippen LogP contribution in [0.1, 0.15) is 55.3 Å². The molecule has 3 aliphatic rings. The molecule has 184 valence electrons. The van der Waals surface area contributed by atoms with E-state index in [0.29, 0.717) is 5.92 Å². The van der Waals surface area contributed by atoms with E-state index in [1.807, 2.05) is 36.4 Å². The molecule has 2 N–H and O–H groups in total. The molecule has 2 amide bonds. The number of hydrogen-bond acceptors (Lipinski definition) is 3. The second-order valence-corrected chi connectivity index (χ2v) is 10.4. The molecular formula is C31H33N3O2. The van der Waals surface area contributed by atoms with Crippen LogP contribution >= 0.6 is 0 Å². The Morgan fingerprint density at radius 3 is 2.22 bits per heavy atom. The van der Waals surface area contributed by atoms with E-state index < -0.39 is 0 Å². The highest BCUT2D eigenvalue weighted by atomic mass is 16.2. The number of carbonyl (C=O) groups is 2. The second-order valence-electron chi connectivity index (χ2n) is 10.4. The Labute approximate surface area is 212 Å². The van der Waals surface area contributed by atoms with Gasteiger partial charge >= 0.3 is 0 Å². The van der Waals surface area contributed by atoms with Gasteiger partial charge in [0.05, 0.1) is 12.1 Å². The van der Waals surface area contributed by atoms with Crippen molar-refractivity contribution in [1.29, 1.82) is 0 Å². The maximum atomic E-state index is 14.2. The molecule has 3 aromatic carbocycles. The van der Waals surface area contributed by atoms with Gasteiger partial charge in [-0.05, 0) is 48.6 Å². The van der Waals surface area contributed by atoms with Gasteiger partial charge in [0.15, 0.2) is 0 Å². The van der Waals surface area contributed by atoms with Crippen LogP contribution in [-0.4, -0.2) is 23.3 Å². The van der Waals surface area contributed by atoms with E-state index in [2.05, 4.69) is 64.1 Å². The lowest BCUT2D eigenvalue weighted by molar-refractivity contribution is -0.143. The summed E-state index contributed by atoms with van der Waals surface area (Å²) in [6.07, 6.45) is 4.48. The smallest absolute Gasteiger partial charge is 0.228 e. The predicted octanol–water partition coefficient (Wildman–Crippen LogP) is 6.19. The van der Waals surface area contributed by atoms with Gasteiger partial charge in [-0.1, -0.05) is 79.6 Å². The van der Waals surface area contributed by atoms with Gasteiger partial charge in [-0.15, -0.1) is 0 Å². The quantitative estimate of drug-likeness (QED) is 0.469. The first-order chi connectivity index (χ1) is 17.7. The van der Waals surface area contributed by atoms with Crippen LogP contribution in [0.5, 0.6) is 0 Å². The molecule has 2 heterocycles. The fraction of sp³-hybridized carbons (Fsp3) is 0.355. The molecule has 6 rings (SSSR count). The number of rotatable bonds is 4. The summed E-state index contributed by atoms with van der Waals surface area (Å²) in [7, 11) is 0. The molecule has 1 saturated carbocycles. The minimum absolute atomic E-state index is 0.0251. The van der Waals surface area contributed by atoms with E-state index in [0.717, 1.165) is 50.0 Å². The number of amides is 2. The molecule has 0 radical (unpaired) electrons. The SMILES string of the molecule is O=C(Nc1ccccc1)[C@H]1CCCC[C@@H]1C(=O)N1CC[C@@H]2[C@H](c3ccccc3)Nc3ccccc3[C@@H]21. The topological polar surface area (TPSA) is 61.4 Å². The van der Waals surface area contributed by atoms with E-state index in [9.17, 15) is 9.59 Å². The molecule has 5 nitrogen and oxygen atoms in total. The van der Waals surface area contributed by atoms with E-state index in [-0.39, 0.29) is 35.7 Å². The predicted molar refractivity (Wildman–Crippen MR) is 142 cm³/mol. The Bertz CT molecular complexity index is 1230. The molecule has 5 atom stereocenters. The number of carbonyl (C=O) groups excluding carboxylic acids is 2. The fourth-order valence-corrected chi connectivity index (χ4v) is 6.67. The molecule has 2 aliphatic heterocycles. The van der Waals surface area contributed by atoms with Crippen molar-refractivity contribution in [1.82, 2.24) is 4.90 Å². The summed E-state index contributed by atoms with van der Waals surface area (Å²) in [5, 5.41) is 6.84. The monoisotopic (exact) mass is 479 g/mol. The van der Waals surface area contributed by atoms with Gasteiger partial charge in [-0.25, -0.2) is 0 Å². The average molecular weight is 480 g/mol. The van der Waals surface area contributed by atoms with Crippen LogP contribution in [0, 0.1) is 17.8 Å². The molecular weight excluding hydrogens is 446 g/mol. The first-order valence-electron chi connectivity index (χ1n) is 13.3. The molecule has 0 spiro atoms. The summed E-state index contributed by atoms with van der Waals surface area (Å²) in [6.45, 7) is 0.733. The van der Waals surface area contributed by atoms with Gasteiger partial charge in [0.1, 0.15) is 0 Å². The van der Waals surface area contributed by atoms with Crippen molar-refractivity contribution in [2.45, 2.75) is 44.2 Å². The van der Waals surface area contributed by atoms with Crippen molar-refractivity contribution >= 4 is 23.2 Å². The largest absolute Gasteiger partial charge is 0.378 e. The number of nitrogens with zero attached hydrogens (tertiary/aromatic N) is 1. The van der Waals surface area contributed by atoms with Crippen molar-refractivity contribution in [3.05, 3.63) is 96.1 Å². The lowest BCUT2D eigenvalue weighted by Crippen LogP contribution is -2.45. The van der Waals surface area contributed by atoms with Gasteiger partial charge < -0.3 is 15.5 Å². The Kier molecular flexibility index (Phi) is 6.22. The molecule has 1 saturated heterocycles. The lowest BCUT2D eigenvalue weighted by Gasteiger charge is -2.41. The number of hydrogen-bond donors (Lipinski definition) is 2. The number of likely N-dealkylation sites (tertiary alicyclic amines) is 1. The van der Waals surface area contributed by atoms with Crippen LogP contribution in [0.2, 0.25) is 0 Å². The lowest BCUT2D eigenvalue weighted by atomic mass is 9.76. The minimum atomic E-state index is -0.285. The zero-order chi connectivity index (χ0) is 24.5. The minimum Gasteiger partial charge on any atom is -0.378 e. The molecule has 2 fully saturated rings. The van der Waals surface area contributed by atoms with Crippen molar-refractivity contribution in [2.75, 3.05) is 17.2 Å². The van der Waals surface area contributed by atoms with Crippen molar-refractivity contribution in [2.24, 2.45) is 17.8 Å². The summed E-state index contributed by atoms with van der Waals surface area (Å²) < 4.78 is 0. The number of fused-ring (bicyclic) bond motifs is 3. The molecule has 0 bridgehead atoms. The van der Waals surface area contributed by atoms with Crippen LogP contribution in [0.15, 0.2) is 84.9 Å². The molecule has 36 heavy (non-hydrogen) atoms. The standard InChI is InChI=1S/C31H33N3O2/c35-30(32-22-13-5-2-6-14-22)23-15-7-8-16-24(23)31(36)34-20-19-26-28(21-11-3-1-4-12-21)33-27-18-10-9-17-25(27)29(26)34/h1-6,9-14,17-18,23-24,26,28-29,33H,7-8,15-16,19-20H2,(H,32,35)/t23-,24-,26+,28-,29-/m0/s1. The summed E-state index contributed by atoms with van der Waals surface area (Å²) >= 11 is 0. The van der Waals surface area contributed by atoms with Crippen LogP contribution in [0.4, 0.5) is 11.4 Å². The van der Waals surface area contributed by atoms with Crippen LogP contribution < -0.4 is 10.6 Å². The Balaban J connectivity index is 1.29. The normalized spacial score (nSPS) is 26.9. The van der Waals surface area contributed by atoms with Gasteiger partial charge in [-0.2, -0.15) is 0 Å².